The van der Waals surface area contributed by atoms with E-state index in [1.807, 2.05) is 36.4 Å². The predicted molar refractivity (Wildman–Crippen MR) is 132 cm³/mol. The van der Waals surface area contributed by atoms with E-state index in [1.54, 1.807) is 17.6 Å². The number of benzene rings is 1. The van der Waals surface area contributed by atoms with Crippen molar-refractivity contribution in [2.24, 2.45) is 0 Å². The Hall–Kier alpha value is -1.23. The summed E-state index contributed by atoms with van der Waals surface area (Å²) in [6.07, 6.45) is 2.74. The molecule has 2 aromatic heterocycles. The molecule has 2 fully saturated rings. The zero-order chi connectivity index (χ0) is 26.7. The van der Waals surface area contributed by atoms with Gasteiger partial charge in [0.1, 0.15) is 24.6 Å². The van der Waals surface area contributed by atoms with Crippen molar-refractivity contribution in [2.75, 3.05) is 25.6 Å². The van der Waals surface area contributed by atoms with Gasteiger partial charge in [0.15, 0.2) is 29.5 Å². The number of nitrogens with zero attached hydrogens (tertiary/aromatic N) is 4. The van der Waals surface area contributed by atoms with Gasteiger partial charge in [-0.25, -0.2) is 19.7 Å². The number of hydrogen-bond acceptors (Lipinski definition) is 11. The van der Waals surface area contributed by atoms with Gasteiger partial charge in [0.25, 0.3) is 7.82 Å². The van der Waals surface area contributed by atoms with Crippen molar-refractivity contribution in [3.63, 3.8) is 0 Å². The Balaban J connectivity index is 0.00000220. The number of carbonyl (C=O) groups is 1. The smallest absolute Gasteiger partial charge is 0.756 e. The van der Waals surface area contributed by atoms with Crippen molar-refractivity contribution in [1.82, 2.24) is 24.8 Å². The van der Waals surface area contributed by atoms with Gasteiger partial charge in [-0.3, -0.25) is 14.4 Å². The molecular weight excluding hydrogens is 565 g/mol. The van der Waals surface area contributed by atoms with Gasteiger partial charge < -0.3 is 33.5 Å². The van der Waals surface area contributed by atoms with Gasteiger partial charge in [-0.2, -0.15) is 0 Å². The molecule has 2 unspecified atom stereocenters. The first-order valence-corrected chi connectivity index (χ1v) is 13.3. The van der Waals surface area contributed by atoms with Crippen LogP contribution >= 0.6 is 7.82 Å². The van der Waals surface area contributed by atoms with Crippen LogP contribution in [0.15, 0.2) is 49.1 Å². The number of aromatic nitrogens is 4. The number of anilines is 1. The Morgan fingerprint density at radius 3 is 2.62 bits per heavy atom. The van der Waals surface area contributed by atoms with Gasteiger partial charge >= 0.3 is 65.1 Å². The number of phosphoric acid groups is 1. The number of hydrogen-bond donors (Lipinski definition) is 2. The van der Waals surface area contributed by atoms with Gasteiger partial charge in [-0.05, 0) is 18.6 Å². The second-order valence-corrected chi connectivity index (χ2v) is 9.88. The monoisotopic (exact) mass is 591 g/mol. The maximum absolute atomic E-state index is 12.0. The normalized spacial score (nSPS) is 25.1. The minimum atomic E-state index is -4.50. The van der Waals surface area contributed by atoms with E-state index >= 15 is 0 Å². The minimum Gasteiger partial charge on any atom is -0.756 e. The molecule has 0 spiro atoms. The molecule has 2 amide bonds. The molecule has 2 aliphatic heterocycles. The Morgan fingerprint density at radius 1 is 1.15 bits per heavy atom. The molecule has 40 heavy (non-hydrogen) atoms. The van der Waals surface area contributed by atoms with Gasteiger partial charge in [0.05, 0.1) is 12.9 Å². The Labute approximate surface area is 274 Å². The molecule has 1 aromatic carbocycles. The summed E-state index contributed by atoms with van der Waals surface area (Å²) in [4.78, 5) is 36.6. The van der Waals surface area contributed by atoms with Crippen molar-refractivity contribution in [3.8, 4) is 0 Å². The van der Waals surface area contributed by atoms with Crippen LogP contribution in [-0.2, 0) is 27.8 Å². The molecule has 6 atom stereocenters. The van der Waals surface area contributed by atoms with E-state index in [-0.39, 0.29) is 71.5 Å². The zero-order valence-corrected chi connectivity index (χ0v) is 27.4. The van der Waals surface area contributed by atoms with Gasteiger partial charge in [0, 0.05) is 13.7 Å². The molecule has 2 saturated heterocycles. The Morgan fingerprint density at radius 2 is 1.90 bits per heavy atom. The second kappa shape index (κ2) is 14.8. The first-order valence-electron chi connectivity index (χ1n) is 11.8. The summed E-state index contributed by atoms with van der Waals surface area (Å²) in [6, 6.07) is 9.20. The molecule has 0 aliphatic carbocycles. The third-order valence-electron chi connectivity index (χ3n) is 5.94. The van der Waals surface area contributed by atoms with Crippen molar-refractivity contribution < 1.29 is 96.6 Å². The number of imidazole rings is 1. The molecule has 202 valence electrons. The first kappa shape index (κ1) is 33.3. The number of urea groups is 1. The summed E-state index contributed by atoms with van der Waals surface area (Å²) in [5.74, 6) is 0.216. The molecule has 4 heterocycles. The number of ether oxygens (including phenoxy) is 3. The fourth-order valence-electron chi connectivity index (χ4n) is 4.22. The maximum atomic E-state index is 12.0. The van der Waals surface area contributed by atoms with Crippen molar-refractivity contribution >= 4 is 36.9 Å². The van der Waals surface area contributed by atoms with Crippen molar-refractivity contribution in [2.45, 2.75) is 37.8 Å². The summed E-state index contributed by atoms with van der Waals surface area (Å²) in [6.45, 7) is 1.88. The number of amides is 2. The maximum Gasteiger partial charge on any atom is 1.00 e. The fraction of sp³-hybridized carbons (Fsp3) is 0.391. The summed E-state index contributed by atoms with van der Waals surface area (Å²) in [7, 11) is -3.49. The summed E-state index contributed by atoms with van der Waals surface area (Å²) < 4.78 is 41.2. The standard InChI is InChI=1S/C23H27N6O8P.2Na/c1-3-24-23(30)28-20-17-21(26-12-25-20)29(13-27-17)22-19-18(15(35-22)11-34-38(31,32)33-2)36-16(37-19)10-9-14-7-5-4-6-8-14;;/h4-10,12-13,15-16,18-19,22H,3,11H2,1-2H3,(H,31,32)(H2,24,25,26,28,30);;/q;2*+1/p-1/b10-9+;;/t15-,16+,18?,19+,22-;;/m1../s1. The molecule has 2 N–H and O–H groups in total. The molecular formula is C23H26N6Na2O8P+. The van der Waals surface area contributed by atoms with Crippen LogP contribution in [0, 0.1) is 0 Å². The third-order valence-corrected chi connectivity index (χ3v) is 6.85. The third kappa shape index (κ3) is 7.58. The first-order chi connectivity index (χ1) is 18.4. The molecule has 3 aromatic rings. The van der Waals surface area contributed by atoms with Crippen molar-refractivity contribution in [1.29, 1.82) is 0 Å². The quantitative estimate of drug-likeness (QED) is 0.183. The van der Waals surface area contributed by atoms with Crippen LogP contribution in [0.2, 0.25) is 0 Å². The van der Waals surface area contributed by atoms with E-state index in [2.05, 4.69) is 30.1 Å². The van der Waals surface area contributed by atoms with Gasteiger partial charge in [-0.1, -0.05) is 36.4 Å². The second-order valence-electron chi connectivity index (χ2n) is 8.36. The van der Waals surface area contributed by atoms with Crippen molar-refractivity contribution in [3.05, 3.63) is 54.6 Å². The number of rotatable bonds is 9. The van der Waals surface area contributed by atoms with E-state index < -0.39 is 44.7 Å². The SMILES string of the molecule is CCNC(=O)Nc1ncnc2c1ncn2[C@@H]1O[C@H](COP(=O)([O-])OC)C2O[C@H](/C=C/c3ccccc3)O[C@@H]21.[Na+].[Na+]. The molecule has 2 aliphatic rings. The van der Waals surface area contributed by atoms with Crippen LogP contribution in [-0.4, -0.2) is 70.4 Å². The summed E-state index contributed by atoms with van der Waals surface area (Å²) >= 11 is 0. The van der Waals surface area contributed by atoms with Crippen LogP contribution in [0.1, 0.15) is 18.7 Å². The summed E-state index contributed by atoms with van der Waals surface area (Å²) in [5, 5.41) is 5.28. The van der Waals surface area contributed by atoms with Gasteiger partial charge in [-0.15, -0.1) is 0 Å². The van der Waals surface area contributed by atoms with E-state index in [1.165, 1.54) is 12.7 Å². The summed E-state index contributed by atoms with van der Waals surface area (Å²) in [5.41, 5.74) is 1.66. The number of phosphoric ester groups is 1. The largest absolute Gasteiger partial charge is 1.00 e. The fourth-order valence-corrected chi connectivity index (χ4v) is 4.66. The van der Waals surface area contributed by atoms with Crippen LogP contribution < -0.4 is 74.6 Å². The van der Waals surface area contributed by atoms with Crippen LogP contribution in [0.25, 0.3) is 17.2 Å². The Bertz CT molecular complexity index is 1370. The number of nitrogens with one attached hydrogen (secondary N) is 2. The van der Waals surface area contributed by atoms with E-state index in [0.29, 0.717) is 17.7 Å². The van der Waals surface area contributed by atoms with Crippen LogP contribution in [0.3, 0.4) is 0 Å². The predicted octanol–water partition coefficient (Wildman–Crippen LogP) is -4.17. The Kier molecular flexibility index (Phi) is 12.3. The van der Waals surface area contributed by atoms with Crippen LogP contribution in [0.4, 0.5) is 10.6 Å². The number of carbonyl (C=O) groups excluding carboxylic acids is 1. The minimum absolute atomic E-state index is 0. The van der Waals surface area contributed by atoms with E-state index in [9.17, 15) is 14.3 Å². The molecule has 0 bridgehead atoms. The topological polar surface area (TPSA) is 171 Å². The van der Waals surface area contributed by atoms with E-state index in [4.69, 9.17) is 18.7 Å². The number of fused-ring (bicyclic) bond motifs is 2. The van der Waals surface area contributed by atoms with E-state index in [0.717, 1.165) is 12.7 Å². The molecule has 0 saturated carbocycles. The van der Waals surface area contributed by atoms with Crippen LogP contribution in [0.5, 0.6) is 0 Å². The average molecular weight is 591 g/mol. The zero-order valence-electron chi connectivity index (χ0n) is 22.5. The molecule has 0 radical (unpaired) electrons. The van der Waals surface area contributed by atoms with Gasteiger partial charge in [0.2, 0.25) is 0 Å². The molecule has 14 nitrogen and oxygen atoms in total. The molecule has 17 heteroatoms. The average Bonchev–Trinajstić information content (AvgIpc) is 3.61. The molecule has 5 rings (SSSR count).